The second-order valence-electron chi connectivity index (χ2n) is 5.97. The van der Waals surface area contributed by atoms with Gasteiger partial charge >= 0.3 is 0 Å². The van der Waals surface area contributed by atoms with E-state index in [0.29, 0.717) is 22.3 Å². The van der Waals surface area contributed by atoms with E-state index in [1.165, 1.54) is 11.0 Å². The monoisotopic (exact) mass is 375 g/mol. The van der Waals surface area contributed by atoms with Gasteiger partial charge in [0.05, 0.1) is 5.92 Å². The van der Waals surface area contributed by atoms with Crippen molar-refractivity contribution in [2.75, 3.05) is 13.1 Å². The van der Waals surface area contributed by atoms with E-state index in [4.69, 9.17) is 16.1 Å². The second kappa shape index (κ2) is 6.49. The number of hydrogen-bond donors (Lipinski definition) is 0. The summed E-state index contributed by atoms with van der Waals surface area (Å²) in [5.41, 5.74) is 0.171. The molecule has 5 nitrogen and oxygen atoms in total. The molecule has 1 aliphatic rings. The molecule has 0 bridgehead atoms. The van der Waals surface area contributed by atoms with Crippen LogP contribution >= 0.6 is 11.6 Å². The maximum atomic E-state index is 13.7. The molecule has 1 fully saturated rings. The number of aromatic nitrogens is 2. The lowest BCUT2D eigenvalue weighted by molar-refractivity contribution is 0.0559. The van der Waals surface area contributed by atoms with Crippen molar-refractivity contribution < 1.29 is 18.1 Å². The van der Waals surface area contributed by atoms with Crippen LogP contribution in [0, 0.1) is 11.6 Å². The van der Waals surface area contributed by atoms with Crippen LogP contribution in [0.25, 0.3) is 11.4 Å². The average Bonchev–Trinajstić information content (AvgIpc) is 3.03. The summed E-state index contributed by atoms with van der Waals surface area (Å²) in [6, 6.07) is 10.4. The summed E-state index contributed by atoms with van der Waals surface area (Å²) in [6.45, 7) is 0.508. The molecule has 0 radical (unpaired) electrons. The Kier molecular flexibility index (Phi) is 4.16. The third kappa shape index (κ3) is 2.94. The summed E-state index contributed by atoms with van der Waals surface area (Å²) >= 11 is 5.95. The van der Waals surface area contributed by atoms with Crippen LogP contribution in [0.2, 0.25) is 5.02 Å². The molecule has 132 valence electrons. The van der Waals surface area contributed by atoms with Gasteiger partial charge in [0.15, 0.2) is 0 Å². The van der Waals surface area contributed by atoms with Gasteiger partial charge in [-0.25, -0.2) is 8.78 Å². The van der Waals surface area contributed by atoms with Crippen molar-refractivity contribution in [3.8, 4) is 11.4 Å². The molecule has 1 amide bonds. The fourth-order valence-corrected chi connectivity index (χ4v) is 3.00. The Hall–Kier alpha value is -2.80. The van der Waals surface area contributed by atoms with E-state index in [-0.39, 0.29) is 19.0 Å². The maximum absolute atomic E-state index is 13.7. The van der Waals surface area contributed by atoms with Gasteiger partial charge in [-0.05, 0) is 24.3 Å². The Balaban J connectivity index is 1.46. The van der Waals surface area contributed by atoms with Crippen molar-refractivity contribution in [2.24, 2.45) is 0 Å². The first-order valence-corrected chi connectivity index (χ1v) is 8.23. The molecular weight excluding hydrogens is 364 g/mol. The number of likely N-dealkylation sites (tertiary alicyclic amines) is 1. The lowest BCUT2D eigenvalue weighted by Gasteiger charge is -2.37. The molecule has 1 saturated heterocycles. The first-order chi connectivity index (χ1) is 12.5. The minimum absolute atomic E-state index is 0.172. The van der Waals surface area contributed by atoms with Gasteiger partial charge in [0.25, 0.3) is 5.91 Å². The maximum Gasteiger partial charge on any atom is 0.259 e. The number of halogens is 3. The van der Waals surface area contributed by atoms with Gasteiger partial charge in [-0.3, -0.25) is 4.79 Å². The quantitative estimate of drug-likeness (QED) is 0.696. The summed E-state index contributed by atoms with van der Waals surface area (Å²) in [5.74, 6) is -1.84. The van der Waals surface area contributed by atoms with Crippen molar-refractivity contribution in [3.63, 3.8) is 0 Å². The predicted molar refractivity (Wildman–Crippen MR) is 89.7 cm³/mol. The minimum Gasteiger partial charge on any atom is -0.339 e. The average molecular weight is 376 g/mol. The number of hydrogen-bond acceptors (Lipinski definition) is 4. The molecule has 2 aromatic carbocycles. The SMILES string of the molecule is O=C(c1c(F)cccc1F)N1CC(c2nc(-c3cccc(Cl)c3)no2)C1. The topological polar surface area (TPSA) is 59.2 Å². The van der Waals surface area contributed by atoms with E-state index in [1.807, 2.05) is 0 Å². The zero-order chi connectivity index (χ0) is 18.3. The minimum atomic E-state index is -0.875. The summed E-state index contributed by atoms with van der Waals surface area (Å²) in [7, 11) is 0. The Morgan fingerprint density at radius 2 is 1.85 bits per heavy atom. The number of amides is 1. The fraction of sp³-hybridized carbons (Fsp3) is 0.167. The van der Waals surface area contributed by atoms with Gasteiger partial charge in [-0.1, -0.05) is 35.0 Å². The highest BCUT2D eigenvalue weighted by atomic mass is 35.5. The van der Waals surface area contributed by atoms with Crippen LogP contribution in [0.5, 0.6) is 0 Å². The fourth-order valence-electron chi connectivity index (χ4n) is 2.81. The summed E-state index contributed by atoms with van der Waals surface area (Å²) in [4.78, 5) is 17.9. The molecule has 4 rings (SSSR count). The lowest BCUT2D eigenvalue weighted by atomic mass is 9.98. The van der Waals surface area contributed by atoms with Crippen LogP contribution < -0.4 is 0 Å². The van der Waals surface area contributed by atoms with Crippen molar-refractivity contribution in [2.45, 2.75) is 5.92 Å². The third-order valence-corrected chi connectivity index (χ3v) is 4.45. The molecule has 0 N–H and O–H groups in total. The van der Waals surface area contributed by atoms with Gasteiger partial charge < -0.3 is 9.42 Å². The van der Waals surface area contributed by atoms with Gasteiger partial charge in [0.1, 0.15) is 17.2 Å². The molecule has 0 atom stereocenters. The van der Waals surface area contributed by atoms with E-state index in [0.717, 1.165) is 12.1 Å². The standard InChI is InChI=1S/C18H12ClF2N3O2/c19-12-4-1-3-10(7-12)16-22-17(26-23-16)11-8-24(9-11)18(25)15-13(20)5-2-6-14(15)21/h1-7,11H,8-9H2. The van der Waals surface area contributed by atoms with Crippen molar-refractivity contribution >= 4 is 17.5 Å². The summed E-state index contributed by atoms with van der Waals surface area (Å²) in [5, 5.41) is 4.48. The first kappa shape index (κ1) is 16.7. The molecule has 2 heterocycles. The van der Waals surface area contributed by atoms with Crippen LogP contribution in [0.4, 0.5) is 8.78 Å². The molecule has 0 aliphatic carbocycles. The molecule has 0 saturated carbocycles. The molecule has 3 aromatic rings. The van der Waals surface area contributed by atoms with Crippen LogP contribution in [0.15, 0.2) is 47.0 Å². The van der Waals surface area contributed by atoms with Crippen molar-refractivity contribution in [1.29, 1.82) is 0 Å². The van der Waals surface area contributed by atoms with Gasteiger partial charge in [0, 0.05) is 23.7 Å². The van der Waals surface area contributed by atoms with E-state index in [2.05, 4.69) is 10.1 Å². The lowest BCUT2D eigenvalue weighted by Crippen LogP contribution is -2.49. The highest BCUT2D eigenvalue weighted by molar-refractivity contribution is 6.30. The number of rotatable bonds is 3. The Bertz CT molecular complexity index is 966. The molecule has 0 spiro atoms. The smallest absolute Gasteiger partial charge is 0.259 e. The van der Waals surface area contributed by atoms with Gasteiger partial charge in [-0.2, -0.15) is 4.98 Å². The van der Waals surface area contributed by atoms with Crippen molar-refractivity contribution in [3.05, 3.63) is 70.6 Å². The van der Waals surface area contributed by atoms with Crippen LogP contribution in [-0.4, -0.2) is 34.0 Å². The zero-order valence-corrected chi connectivity index (χ0v) is 14.1. The van der Waals surface area contributed by atoms with Crippen LogP contribution in [-0.2, 0) is 0 Å². The molecule has 0 unspecified atom stereocenters. The molecule has 1 aliphatic heterocycles. The number of carbonyl (C=O) groups is 1. The first-order valence-electron chi connectivity index (χ1n) is 7.86. The normalized spacial score (nSPS) is 14.3. The van der Waals surface area contributed by atoms with E-state index < -0.39 is 23.1 Å². The Labute approximate surface area is 152 Å². The van der Waals surface area contributed by atoms with Gasteiger partial charge in [0.2, 0.25) is 11.7 Å². The predicted octanol–water partition coefficient (Wildman–Crippen LogP) is 3.91. The largest absolute Gasteiger partial charge is 0.339 e. The number of benzene rings is 2. The van der Waals surface area contributed by atoms with Crippen molar-refractivity contribution in [1.82, 2.24) is 15.0 Å². The van der Waals surface area contributed by atoms with Gasteiger partial charge in [-0.15, -0.1) is 0 Å². The van der Waals surface area contributed by atoms with E-state index >= 15 is 0 Å². The number of carbonyl (C=O) groups excluding carboxylic acids is 1. The highest BCUT2D eigenvalue weighted by Crippen LogP contribution is 2.30. The van der Waals surface area contributed by atoms with Crippen LogP contribution in [0.3, 0.4) is 0 Å². The third-order valence-electron chi connectivity index (χ3n) is 4.22. The van der Waals surface area contributed by atoms with E-state index in [1.54, 1.807) is 24.3 Å². The van der Waals surface area contributed by atoms with Crippen LogP contribution in [0.1, 0.15) is 22.2 Å². The summed E-state index contributed by atoms with van der Waals surface area (Å²) in [6.07, 6.45) is 0. The molecule has 26 heavy (non-hydrogen) atoms. The second-order valence-corrected chi connectivity index (χ2v) is 6.41. The molecule has 8 heteroatoms. The molecular formula is C18H12ClF2N3O2. The van der Waals surface area contributed by atoms with E-state index in [9.17, 15) is 13.6 Å². The molecule has 1 aromatic heterocycles. The number of nitrogens with zero attached hydrogens (tertiary/aromatic N) is 3. The Morgan fingerprint density at radius 3 is 2.54 bits per heavy atom. The zero-order valence-electron chi connectivity index (χ0n) is 13.3. The highest BCUT2D eigenvalue weighted by Gasteiger charge is 2.37. The summed E-state index contributed by atoms with van der Waals surface area (Å²) < 4.78 is 32.7. The Morgan fingerprint density at radius 1 is 1.15 bits per heavy atom.